The third-order valence-corrected chi connectivity index (χ3v) is 5.75. The summed E-state index contributed by atoms with van der Waals surface area (Å²) in [5.74, 6) is 0.712. The number of nitrogens with zero attached hydrogens (tertiary/aromatic N) is 6. The lowest BCUT2D eigenvalue weighted by atomic mass is 9.95. The Morgan fingerprint density at radius 1 is 1.00 bits per heavy atom. The normalized spacial score (nSPS) is 15.9. The van der Waals surface area contributed by atoms with Gasteiger partial charge in [-0.1, -0.05) is 19.3 Å². The summed E-state index contributed by atoms with van der Waals surface area (Å²) in [6.45, 7) is 4.39. The van der Waals surface area contributed by atoms with Crippen LogP contribution in [-0.4, -0.2) is 29.1 Å². The lowest BCUT2D eigenvalue weighted by molar-refractivity contribution is 0.355. The topological polar surface area (TPSA) is 60.9 Å². The van der Waals surface area contributed by atoms with Crippen molar-refractivity contribution in [1.29, 1.82) is 0 Å². The van der Waals surface area contributed by atoms with Crippen molar-refractivity contribution in [2.45, 2.75) is 52.0 Å². The van der Waals surface area contributed by atoms with E-state index in [0.29, 0.717) is 11.9 Å². The number of pyridine rings is 1. The van der Waals surface area contributed by atoms with E-state index in [9.17, 15) is 0 Å². The van der Waals surface area contributed by atoms with Crippen molar-refractivity contribution in [3.8, 4) is 11.4 Å². The fraction of sp³-hybridized carbons (Fsp3) is 0.400. The quantitative estimate of drug-likeness (QED) is 0.544. The van der Waals surface area contributed by atoms with E-state index in [1.165, 1.54) is 43.4 Å². The van der Waals surface area contributed by atoms with Crippen molar-refractivity contribution < 1.29 is 0 Å². The maximum Gasteiger partial charge on any atom is 0.182 e. The minimum Gasteiger partial charge on any atom is -0.326 e. The van der Waals surface area contributed by atoms with Gasteiger partial charge in [-0.25, -0.2) is 14.5 Å². The van der Waals surface area contributed by atoms with Gasteiger partial charge in [0.2, 0.25) is 0 Å². The summed E-state index contributed by atoms with van der Waals surface area (Å²) in [5.41, 5.74) is 5.47. The number of hydrogen-bond donors (Lipinski definition) is 0. The van der Waals surface area contributed by atoms with Gasteiger partial charge < -0.3 is 4.57 Å². The molecule has 0 spiro atoms. The average Bonchev–Trinajstić information content (AvgIpc) is 3.23. The Labute approximate surface area is 151 Å². The van der Waals surface area contributed by atoms with Crippen LogP contribution in [0.5, 0.6) is 0 Å². The summed E-state index contributed by atoms with van der Waals surface area (Å²) in [4.78, 5) is 13.7. The molecule has 0 unspecified atom stereocenters. The minimum absolute atomic E-state index is 0.553. The molecule has 1 saturated carbocycles. The van der Waals surface area contributed by atoms with Crippen LogP contribution in [0.4, 0.5) is 0 Å². The van der Waals surface area contributed by atoms with Crippen LogP contribution in [0.25, 0.3) is 28.1 Å². The van der Waals surface area contributed by atoms with Gasteiger partial charge in [-0.15, -0.1) is 5.10 Å². The zero-order valence-electron chi connectivity index (χ0n) is 15.2. The first-order chi connectivity index (χ1) is 12.7. The van der Waals surface area contributed by atoms with Crippen molar-refractivity contribution in [3.63, 3.8) is 0 Å². The van der Waals surface area contributed by atoms with Gasteiger partial charge in [0.15, 0.2) is 11.5 Å². The predicted octanol–water partition coefficient (Wildman–Crippen LogP) is 4.26. The molecule has 5 rings (SSSR count). The van der Waals surface area contributed by atoms with Gasteiger partial charge in [0.05, 0.1) is 5.39 Å². The number of aromatic nitrogens is 6. The van der Waals surface area contributed by atoms with E-state index in [1.807, 2.05) is 12.1 Å². The third kappa shape index (κ3) is 2.25. The Morgan fingerprint density at radius 3 is 2.54 bits per heavy atom. The molecule has 0 saturated heterocycles. The van der Waals surface area contributed by atoms with Gasteiger partial charge in [0, 0.05) is 29.7 Å². The molecule has 6 nitrogen and oxygen atoms in total. The van der Waals surface area contributed by atoms with Crippen LogP contribution in [0.2, 0.25) is 0 Å². The van der Waals surface area contributed by atoms with Gasteiger partial charge in [-0.05, 0) is 44.4 Å². The second-order valence-corrected chi connectivity index (χ2v) is 7.25. The zero-order valence-corrected chi connectivity index (χ0v) is 15.2. The molecular weight excluding hydrogens is 324 g/mol. The maximum absolute atomic E-state index is 4.84. The fourth-order valence-corrected chi connectivity index (χ4v) is 4.30. The molecule has 4 aromatic heterocycles. The van der Waals surface area contributed by atoms with E-state index in [2.05, 4.69) is 28.5 Å². The van der Waals surface area contributed by atoms with Crippen LogP contribution in [0.15, 0.2) is 30.9 Å². The van der Waals surface area contributed by atoms with E-state index < -0.39 is 0 Å². The molecule has 1 aliphatic rings. The Morgan fingerprint density at radius 2 is 1.77 bits per heavy atom. The van der Waals surface area contributed by atoms with Crippen LogP contribution >= 0.6 is 0 Å². The molecule has 0 aliphatic heterocycles. The first-order valence-corrected chi connectivity index (χ1v) is 9.37. The van der Waals surface area contributed by atoms with Crippen LogP contribution in [0, 0.1) is 13.8 Å². The van der Waals surface area contributed by atoms with Gasteiger partial charge >= 0.3 is 0 Å². The highest BCUT2D eigenvalue weighted by Gasteiger charge is 2.24. The Bertz CT molecular complexity index is 1090. The van der Waals surface area contributed by atoms with Crippen molar-refractivity contribution >= 4 is 16.7 Å². The van der Waals surface area contributed by atoms with E-state index in [4.69, 9.17) is 9.97 Å². The second kappa shape index (κ2) is 5.90. The molecule has 0 radical (unpaired) electrons. The third-order valence-electron chi connectivity index (χ3n) is 5.75. The summed E-state index contributed by atoms with van der Waals surface area (Å²) in [6.07, 6.45) is 11.8. The first-order valence-electron chi connectivity index (χ1n) is 9.37. The van der Waals surface area contributed by atoms with Crippen LogP contribution in [-0.2, 0) is 0 Å². The average molecular weight is 346 g/mol. The standard InChI is InChI=1S/C20H22N6/c1-13-14(2)26(16-6-4-3-5-7-16)19-17(13)20-23-18(24-25(20)12-22-19)15-8-10-21-11-9-15/h8-12,16H,3-7H2,1-2H3. The van der Waals surface area contributed by atoms with Gasteiger partial charge in [-0.3, -0.25) is 4.98 Å². The maximum atomic E-state index is 4.84. The van der Waals surface area contributed by atoms with E-state index in [0.717, 1.165) is 22.2 Å². The molecule has 1 fully saturated rings. The number of rotatable bonds is 2. The Balaban J connectivity index is 1.74. The molecule has 4 aromatic rings. The number of hydrogen-bond acceptors (Lipinski definition) is 4. The highest BCUT2D eigenvalue weighted by Crippen LogP contribution is 2.36. The molecule has 1 aliphatic carbocycles. The molecule has 0 aromatic carbocycles. The molecular formula is C20H22N6. The smallest absolute Gasteiger partial charge is 0.182 e. The Kier molecular flexibility index (Phi) is 3.51. The van der Waals surface area contributed by atoms with Gasteiger partial charge in [0.25, 0.3) is 0 Å². The van der Waals surface area contributed by atoms with Crippen molar-refractivity contribution in [2.75, 3.05) is 0 Å². The monoisotopic (exact) mass is 346 g/mol. The van der Waals surface area contributed by atoms with E-state index >= 15 is 0 Å². The van der Waals surface area contributed by atoms with Crippen LogP contribution in [0.1, 0.15) is 49.4 Å². The fourth-order valence-electron chi connectivity index (χ4n) is 4.30. The SMILES string of the molecule is Cc1c(C)n(C2CCCCC2)c2ncn3nc(-c4ccncc4)nc3c12. The van der Waals surface area contributed by atoms with Crippen LogP contribution in [0.3, 0.4) is 0 Å². The first kappa shape index (κ1) is 15.5. The van der Waals surface area contributed by atoms with Gasteiger partial charge in [0.1, 0.15) is 12.0 Å². The molecule has 6 heteroatoms. The van der Waals surface area contributed by atoms with Crippen LogP contribution < -0.4 is 0 Å². The largest absolute Gasteiger partial charge is 0.326 e. The molecule has 26 heavy (non-hydrogen) atoms. The Hall–Kier alpha value is -2.76. The highest BCUT2D eigenvalue weighted by molar-refractivity contribution is 5.94. The zero-order chi connectivity index (χ0) is 17.7. The predicted molar refractivity (Wildman–Crippen MR) is 101 cm³/mol. The van der Waals surface area contributed by atoms with Crippen molar-refractivity contribution in [1.82, 2.24) is 29.1 Å². The molecule has 0 atom stereocenters. The van der Waals surface area contributed by atoms with Gasteiger partial charge in [-0.2, -0.15) is 0 Å². The summed E-state index contributed by atoms with van der Waals surface area (Å²) < 4.78 is 4.25. The molecule has 0 bridgehead atoms. The highest BCUT2D eigenvalue weighted by atomic mass is 15.3. The van der Waals surface area contributed by atoms with Crippen molar-refractivity contribution in [3.05, 3.63) is 42.1 Å². The summed E-state index contributed by atoms with van der Waals surface area (Å²) >= 11 is 0. The molecule has 4 heterocycles. The second-order valence-electron chi connectivity index (χ2n) is 7.25. The summed E-state index contributed by atoms with van der Waals surface area (Å²) in [5, 5.41) is 5.76. The van der Waals surface area contributed by atoms with E-state index in [-0.39, 0.29) is 0 Å². The molecule has 132 valence electrons. The molecule has 0 N–H and O–H groups in total. The lowest BCUT2D eigenvalue weighted by Gasteiger charge is -2.25. The van der Waals surface area contributed by atoms with Crippen molar-refractivity contribution in [2.24, 2.45) is 0 Å². The summed E-state index contributed by atoms with van der Waals surface area (Å²) in [6, 6.07) is 4.42. The number of aryl methyl sites for hydroxylation is 1. The minimum atomic E-state index is 0.553. The molecule has 0 amide bonds. The summed E-state index contributed by atoms with van der Waals surface area (Å²) in [7, 11) is 0. The number of fused-ring (bicyclic) bond motifs is 3. The van der Waals surface area contributed by atoms with E-state index in [1.54, 1.807) is 23.2 Å². The lowest BCUT2D eigenvalue weighted by Crippen LogP contribution is -2.14.